The summed E-state index contributed by atoms with van der Waals surface area (Å²) in [6, 6.07) is 20.0. The van der Waals surface area contributed by atoms with Crippen LogP contribution in [0.1, 0.15) is 37.3 Å². The van der Waals surface area contributed by atoms with Gasteiger partial charge in [0.2, 0.25) is 5.91 Å². The van der Waals surface area contributed by atoms with Crippen LogP contribution >= 0.6 is 0 Å². The number of carbonyl (C=O) groups is 1. The molecule has 25 heavy (non-hydrogen) atoms. The predicted octanol–water partition coefficient (Wildman–Crippen LogP) is 3.81. The largest absolute Gasteiger partial charge is 0.355 e. The minimum Gasteiger partial charge on any atom is -0.355 e. The molecule has 0 radical (unpaired) electrons. The third kappa shape index (κ3) is 5.43. The summed E-state index contributed by atoms with van der Waals surface area (Å²) >= 11 is 0. The van der Waals surface area contributed by atoms with Crippen LogP contribution < -0.4 is 5.32 Å². The lowest BCUT2D eigenvalue weighted by Gasteiger charge is -2.32. The molecule has 0 bridgehead atoms. The molecule has 1 N–H and O–H groups in total. The molecule has 0 fully saturated rings. The second-order valence-corrected chi connectivity index (χ2v) is 6.87. The third-order valence-corrected chi connectivity index (χ3v) is 5.23. The number of nitrogens with zero attached hydrogens (tertiary/aromatic N) is 1. The maximum absolute atomic E-state index is 12.9. The van der Waals surface area contributed by atoms with Gasteiger partial charge in [-0.15, -0.1) is 0 Å². The SMILES string of the molecule is CC[N+](C)(CC)CCCNC(=O)C(c1ccccc1)c1ccccc1. The molecule has 2 aromatic rings. The van der Waals surface area contributed by atoms with Crippen molar-refractivity contribution < 1.29 is 9.28 Å². The molecule has 0 atom stereocenters. The molecule has 2 rings (SSSR count). The summed E-state index contributed by atoms with van der Waals surface area (Å²) in [6.45, 7) is 8.52. The molecular weight excluding hydrogens is 308 g/mol. The summed E-state index contributed by atoms with van der Waals surface area (Å²) in [7, 11) is 2.28. The minimum absolute atomic E-state index is 0.0830. The molecule has 0 unspecified atom stereocenters. The molecule has 2 aromatic carbocycles. The van der Waals surface area contributed by atoms with Crippen LogP contribution in [0.2, 0.25) is 0 Å². The van der Waals surface area contributed by atoms with E-state index in [1.54, 1.807) is 0 Å². The molecule has 0 saturated heterocycles. The Labute approximate surface area is 152 Å². The Hall–Kier alpha value is -2.13. The Kier molecular flexibility index (Phi) is 7.20. The highest BCUT2D eigenvalue weighted by Gasteiger charge is 2.22. The number of hydrogen-bond donors (Lipinski definition) is 1. The van der Waals surface area contributed by atoms with E-state index in [1.165, 1.54) is 0 Å². The van der Waals surface area contributed by atoms with E-state index >= 15 is 0 Å². The maximum atomic E-state index is 12.9. The van der Waals surface area contributed by atoms with Gasteiger partial charge in [-0.2, -0.15) is 0 Å². The van der Waals surface area contributed by atoms with Gasteiger partial charge in [-0.25, -0.2) is 0 Å². The van der Waals surface area contributed by atoms with E-state index in [0.29, 0.717) is 0 Å². The highest BCUT2D eigenvalue weighted by Crippen LogP contribution is 2.24. The van der Waals surface area contributed by atoms with Crippen LogP contribution in [0, 0.1) is 0 Å². The lowest BCUT2D eigenvalue weighted by Crippen LogP contribution is -2.45. The number of benzene rings is 2. The molecule has 3 heteroatoms. The second-order valence-electron chi connectivity index (χ2n) is 6.87. The van der Waals surface area contributed by atoms with Gasteiger partial charge in [0.05, 0.1) is 32.6 Å². The summed E-state index contributed by atoms with van der Waals surface area (Å²) in [5.41, 5.74) is 2.07. The van der Waals surface area contributed by atoms with Crippen molar-refractivity contribution in [1.82, 2.24) is 5.32 Å². The number of nitrogens with one attached hydrogen (secondary N) is 1. The van der Waals surface area contributed by atoms with E-state index in [4.69, 9.17) is 0 Å². The molecule has 0 aliphatic rings. The number of amides is 1. The molecule has 1 amide bonds. The fraction of sp³-hybridized carbons (Fsp3) is 0.409. The number of carbonyl (C=O) groups excluding carboxylic acids is 1. The van der Waals surface area contributed by atoms with Gasteiger partial charge in [0.25, 0.3) is 0 Å². The first kappa shape index (κ1) is 19.2. The van der Waals surface area contributed by atoms with Gasteiger partial charge in [0.15, 0.2) is 0 Å². The predicted molar refractivity (Wildman–Crippen MR) is 104 cm³/mol. The maximum Gasteiger partial charge on any atom is 0.232 e. The number of hydrogen-bond acceptors (Lipinski definition) is 1. The smallest absolute Gasteiger partial charge is 0.232 e. The molecule has 3 nitrogen and oxygen atoms in total. The number of quaternary nitrogens is 1. The van der Waals surface area contributed by atoms with Crippen LogP contribution in [0.25, 0.3) is 0 Å². The Morgan fingerprint density at radius 2 is 1.40 bits per heavy atom. The van der Waals surface area contributed by atoms with Gasteiger partial charge < -0.3 is 9.80 Å². The molecule has 0 aliphatic carbocycles. The van der Waals surface area contributed by atoms with Crippen molar-refractivity contribution in [3.63, 3.8) is 0 Å². The third-order valence-electron chi connectivity index (χ3n) is 5.23. The normalized spacial score (nSPS) is 11.5. The van der Waals surface area contributed by atoms with E-state index in [2.05, 4.69) is 26.2 Å². The molecule has 134 valence electrons. The molecule has 0 spiro atoms. The standard InChI is InChI=1S/C22H30N2O/c1-4-24(3,5-2)18-12-17-23-22(25)21(19-13-8-6-9-14-19)20-15-10-7-11-16-20/h6-11,13-16,21H,4-5,12,17-18H2,1-3H3/p+1. The van der Waals surface area contributed by atoms with Crippen molar-refractivity contribution in [3.05, 3.63) is 71.8 Å². The first-order valence-electron chi connectivity index (χ1n) is 9.31. The van der Waals surface area contributed by atoms with Crippen molar-refractivity contribution in [2.45, 2.75) is 26.2 Å². The fourth-order valence-electron chi connectivity index (χ4n) is 3.10. The van der Waals surface area contributed by atoms with Gasteiger partial charge in [-0.3, -0.25) is 4.79 Å². The summed E-state index contributed by atoms with van der Waals surface area (Å²) in [5.74, 6) is -0.166. The van der Waals surface area contributed by atoms with Crippen LogP contribution in [0.5, 0.6) is 0 Å². The van der Waals surface area contributed by atoms with E-state index in [-0.39, 0.29) is 11.8 Å². The topological polar surface area (TPSA) is 29.1 Å². The van der Waals surface area contributed by atoms with Crippen molar-refractivity contribution in [2.75, 3.05) is 33.2 Å². The van der Waals surface area contributed by atoms with Gasteiger partial charge >= 0.3 is 0 Å². The summed E-state index contributed by atoms with van der Waals surface area (Å²) in [5, 5.41) is 3.15. The van der Waals surface area contributed by atoms with E-state index < -0.39 is 0 Å². The van der Waals surface area contributed by atoms with Crippen LogP contribution in [0.4, 0.5) is 0 Å². The first-order valence-corrected chi connectivity index (χ1v) is 9.31. The zero-order valence-electron chi connectivity index (χ0n) is 15.7. The molecule has 0 heterocycles. The van der Waals surface area contributed by atoms with Crippen LogP contribution in [-0.4, -0.2) is 43.6 Å². The highest BCUT2D eigenvalue weighted by molar-refractivity contribution is 5.87. The van der Waals surface area contributed by atoms with Gasteiger partial charge in [-0.05, 0) is 25.0 Å². The lowest BCUT2D eigenvalue weighted by atomic mass is 9.90. The quantitative estimate of drug-likeness (QED) is 0.546. The van der Waals surface area contributed by atoms with Gasteiger partial charge in [0.1, 0.15) is 0 Å². The fourth-order valence-corrected chi connectivity index (χ4v) is 3.10. The zero-order chi connectivity index (χ0) is 18.1. The monoisotopic (exact) mass is 339 g/mol. The van der Waals surface area contributed by atoms with E-state index in [1.807, 2.05) is 60.7 Å². The van der Waals surface area contributed by atoms with Crippen molar-refractivity contribution >= 4 is 5.91 Å². The molecule has 0 aliphatic heterocycles. The average Bonchev–Trinajstić information content (AvgIpc) is 2.67. The summed E-state index contributed by atoms with van der Waals surface area (Å²) < 4.78 is 1.05. The Morgan fingerprint density at radius 3 is 1.84 bits per heavy atom. The van der Waals surface area contributed by atoms with Crippen molar-refractivity contribution in [2.24, 2.45) is 0 Å². The van der Waals surface area contributed by atoms with Crippen LogP contribution in [-0.2, 0) is 4.79 Å². The van der Waals surface area contributed by atoms with E-state index in [0.717, 1.165) is 48.2 Å². The van der Waals surface area contributed by atoms with E-state index in [9.17, 15) is 4.79 Å². The average molecular weight is 340 g/mol. The first-order chi connectivity index (χ1) is 12.1. The molecular formula is C22H31N2O+. The van der Waals surface area contributed by atoms with Crippen LogP contribution in [0.3, 0.4) is 0 Å². The lowest BCUT2D eigenvalue weighted by molar-refractivity contribution is -0.906. The summed E-state index contributed by atoms with van der Waals surface area (Å²) in [6.07, 6.45) is 1.00. The zero-order valence-corrected chi connectivity index (χ0v) is 15.7. The Bertz CT molecular complexity index is 596. The Balaban J connectivity index is 2.02. The number of rotatable bonds is 9. The Morgan fingerprint density at radius 1 is 0.920 bits per heavy atom. The minimum atomic E-state index is -0.249. The second kappa shape index (κ2) is 9.38. The van der Waals surface area contributed by atoms with Gasteiger partial charge in [-0.1, -0.05) is 60.7 Å². The molecule has 0 aromatic heterocycles. The van der Waals surface area contributed by atoms with Crippen molar-refractivity contribution in [3.8, 4) is 0 Å². The van der Waals surface area contributed by atoms with Crippen LogP contribution in [0.15, 0.2) is 60.7 Å². The van der Waals surface area contributed by atoms with Crippen molar-refractivity contribution in [1.29, 1.82) is 0 Å². The summed E-state index contributed by atoms with van der Waals surface area (Å²) in [4.78, 5) is 12.9. The highest BCUT2D eigenvalue weighted by atomic mass is 16.1. The van der Waals surface area contributed by atoms with Gasteiger partial charge in [0, 0.05) is 13.0 Å². The molecule has 0 saturated carbocycles.